The van der Waals surface area contributed by atoms with E-state index >= 15 is 0 Å². The topological polar surface area (TPSA) is 58.4 Å². The summed E-state index contributed by atoms with van der Waals surface area (Å²) in [4.78, 5) is 20.1. The number of nitrogens with zero attached hydrogens (tertiary/aromatic N) is 3. The quantitative estimate of drug-likeness (QED) is 0.719. The molecule has 5 heteroatoms. The van der Waals surface area contributed by atoms with E-state index < -0.39 is 0 Å². The van der Waals surface area contributed by atoms with Gasteiger partial charge in [0.1, 0.15) is 5.75 Å². The average molecular weight is 389 g/mol. The molecule has 3 heterocycles. The summed E-state index contributed by atoms with van der Waals surface area (Å²) in [5.74, 6) is 0.0733. The number of aromatic nitrogens is 2. The summed E-state index contributed by atoms with van der Waals surface area (Å²) < 4.78 is 1.77. The zero-order valence-corrected chi connectivity index (χ0v) is 16.8. The Labute approximate surface area is 171 Å². The predicted octanol–water partition coefficient (Wildman–Crippen LogP) is 3.88. The SMILES string of the molecule is Cc1cc(O)c(C(c2ccncc2)N2CCCCC2)c(=O)n1Cc1ccccc1. The molecule has 0 saturated carbocycles. The molecule has 1 aliphatic rings. The monoisotopic (exact) mass is 389 g/mol. The van der Waals surface area contributed by atoms with E-state index in [-0.39, 0.29) is 17.4 Å². The molecule has 1 atom stereocenters. The van der Waals surface area contributed by atoms with Crippen LogP contribution in [0.1, 0.15) is 47.7 Å². The highest BCUT2D eigenvalue weighted by molar-refractivity contribution is 5.41. The van der Waals surface area contributed by atoms with Crippen molar-refractivity contribution in [1.82, 2.24) is 14.5 Å². The van der Waals surface area contributed by atoms with Gasteiger partial charge in [-0.25, -0.2) is 0 Å². The molecule has 5 nitrogen and oxygen atoms in total. The van der Waals surface area contributed by atoms with Crippen molar-refractivity contribution in [3.8, 4) is 5.75 Å². The minimum Gasteiger partial charge on any atom is -0.507 e. The summed E-state index contributed by atoms with van der Waals surface area (Å²) in [5, 5.41) is 10.9. The van der Waals surface area contributed by atoms with Crippen LogP contribution in [0.3, 0.4) is 0 Å². The van der Waals surface area contributed by atoms with Crippen LogP contribution in [0, 0.1) is 6.92 Å². The fourth-order valence-corrected chi connectivity index (χ4v) is 4.27. The molecule has 150 valence electrons. The summed E-state index contributed by atoms with van der Waals surface area (Å²) in [7, 11) is 0. The summed E-state index contributed by atoms with van der Waals surface area (Å²) >= 11 is 0. The lowest BCUT2D eigenvalue weighted by atomic mass is 9.95. The van der Waals surface area contributed by atoms with Gasteiger partial charge in [0.25, 0.3) is 5.56 Å². The molecular weight excluding hydrogens is 362 g/mol. The smallest absolute Gasteiger partial charge is 0.259 e. The van der Waals surface area contributed by atoms with Crippen molar-refractivity contribution in [1.29, 1.82) is 0 Å². The molecule has 1 N–H and O–H groups in total. The molecule has 1 aliphatic heterocycles. The van der Waals surface area contributed by atoms with E-state index in [4.69, 9.17) is 0 Å². The summed E-state index contributed by atoms with van der Waals surface area (Å²) in [6.07, 6.45) is 6.91. The first-order valence-electron chi connectivity index (χ1n) is 10.3. The van der Waals surface area contributed by atoms with E-state index in [0.29, 0.717) is 12.1 Å². The maximum atomic E-state index is 13.6. The maximum Gasteiger partial charge on any atom is 0.259 e. The Morgan fingerprint density at radius 3 is 2.41 bits per heavy atom. The van der Waals surface area contributed by atoms with Crippen LogP contribution in [0.25, 0.3) is 0 Å². The third kappa shape index (κ3) is 4.10. The number of rotatable bonds is 5. The molecule has 1 fully saturated rings. The Kier molecular flexibility index (Phi) is 5.76. The molecule has 1 saturated heterocycles. The molecular formula is C24H27N3O2. The van der Waals surface area contributed by atoms with Crippen molar-refractivity contribution in [2.24, 2.45) is 0 Å². The second-order valence-corrected chi connectivity index (χ2v) is 7.74. The maximum absolute atomic E-state index is 13.6. The van der Waals surface area contributed by atoms with Gasteiger partial charge >= 0.3 is 0 Å². The van der Waals surface area contributed by atoms with E-state index in [1.54, 1.807) is 23.0 Å². The third-order valence-corrected chi connectivity index (χ3v) is 5.76. The van der Waals surface area contributed by atoms with Crippen molar-refractivity contribution in [3.63, 3.8) is 0 Å². The number of pyridine rings is 2. The zero-order chi connectivity index (χ0) is 20.2. The number of aromatic hydroxyl groups is 1. The van der Waals surface area contributed by atoms with E-state index in [1.165, 1.54) is 6.42 Å². The van der Waals surface area contributed by atoms with Crippen LogP contribution in [0.15, 0.2) is 65.7 Å². The number of piperidine rings is 1. The van der Waals surface area contributed by atoms with Gasteiger partial charge in [0.05, 0.1) is 18.2 Å². The van der Waals surface area contributed by atoms with Gasteiger partial charge in [-0.3, -0.25) is 14.7 Å². The fraction of sp³-hybridized carbons (Fsp3) is 0.333. The van der Waals surface area contributed by atoms with Gasteiger partial charge in [-0.1, -0.05) is 36.8 Å². The first-order chi connectivity index (χ1) is 14.1. The Hall–Kier alpha value is -2.92. The van der Waals surface area contributed by atoms with E-state index in [1.807, 2.05) is 49.4 Å². The largest absolute Gasteiger partial charge is 0.507 e. The van der Waals surface area contributed by atoms with Crippen molar-refractivity contribution in [3.05, 3.63) is 93.7 Å². The molecule has 2 aromatic heterocycles. The molecule has 0 aliphatic carbocycles. The summed E-state index contributed by atoms with van der Waals surface area (Å²) in [6, 6.07) is 15.3. The van der Waals surface area contributed by atoms with Crippen LogP contribution in [0.5, 0.6) is 5.75 Å². The number of aryl methyl sites for hydroxylation is 1. The van der Waals surface area contributed by atoms with Gasteiger partial charge in [0.15, 0.2) is 0 Å². The first-order valence-corrected chi connectivity index (χ1v) is 10.3. The minimum absolute atomic E-state index is 0.0733. The number of hydrogen-bond acceptors (Lipinski definition) is 4. The fourth-order valence-electron chi connectivity index (χ4n) is 4.27. The minimum atomic E-state index is -0.270. The molecule has 0 amide bonds. The summed E-state index contributed by atoms with van der Waals surface area (Å²) in [5.41, 5.74) is 3.14. The molecule has 29 heavy (non-hydrogen) atoms. The molecule has 0 bridgehead atoms. The van der Waals surface area contributed by atoms with Crippen LogP contribution in [-0.2, 0) is 6.54 Å². The third-order valence-electron chi connectivity index (χ3n) is 5.76. The highest BCUT2D eigenvalue weighted by Crippen LogP contribution is 2.34. The molecule has 3 aromatic rings. The van der Waals surface area contributed by atoms with E-state index in [2.05, 4.69) is 9.88 Å². The molecule has 1 unspecified atom stereocenters. The molecule has 0 spiro atoms. The van der Waals surface area contributed by atoms with Gasteiger partial charge in [0.2, 0.25) is 0 Å². The highest BCUT2D eigenvalue weighted by atomic mass is 16.3. The second-order valence-electron chi connectivity index (χ2n) is 7.74. The van der Waals surface area contributed by atoms with Crippen molar-refractivity contribution in [2.75, 3.05) is 13.1 Å². The van der Waals surface area contributed by atoms with Gasteiger partial charge in [0, 0.05) is 18.1 Å². The summed E-state index contributed by atoms with van der Waals surface area (Å²) in [6.45, 7) is 4.19. The Morgan fingerprint density at radius 2 is 1.72 bits per heavy atom. The second kappa shape index (κ2) is 8.62. The van der Waals surface area contributed by atoms with Crippen molar-refractivity contribution < 1.29 is 5.11 Å². The predicted molar refractivity (Wildman–Crippen MR) is 114 cm³/mol. The molecule has 0 radical (unpaired) electrons. The van der Waals surface area contributed by atoms with Crippen LogP contribution in [-0.4, -0.2) is 32.6 Å². The van der Waals surface area contributed by atoms with Crippen LogP contribution >= 0.6 is 0 Å². The van der Waals surface area contributed by atoms with Gasteiger partial charge < -0.3 is 9.67 Å². The van der Waals surface area contributed by atoms with Gasteiger partial charge in [-0.15, -0.1) is 0 Å². The normalized spacial score (nSPS) is 15.9. The van der Waals surface area contributed by atoms with Crippen LogP contribution < -0.4 is 5.56 Å². The zero-order valence-electron chi connectivity index (χ0n) is 16.8. The number of likely N-dealkylation sites (tertiary alicyclic amines) is 1. The van der Waals surface area contributed by atoms with E-state index in [9.17, 15) is 9.90 Å². The number of hydrogen-bond donors (Lipinski definition) is 1. The van der Waals surface area contributed by atoms with Crippen molar-refractivity contribution in [2.45, 2.75) is 38.8 Å². The first kappa shape index (κ1) is 19.4. The number of benzene rings is 1. The standard InChI is InChI=1S/C24H27N3O2/c1-18-16-21(28)22(24(29)27(18)17-19-8-4-2-5-9-19)23(20-10-12-25-13-11-20)26-14-6-3-7-15-26/h2,4-5,8-13,16,23,28H,3,6-7,14-15,17H2,1H3. The van der Waals surface area contributed by atoms with Crippen molar-refractivity contribution >= 4 is 0 Å². The van der Waals surface area contributed by atoms with Gasteiger partial charge in [-0.2, -0.15) is 0 Å². The van der Waals surface area contributed by atoms with E-state index in [0.717, 1.165) is 42.8 Å². The lowest BCUT2D eigenvalue weighted by molar-refractivity contribution is 0.183. The van der Waals surface area contributed by atoms with Gasteiger partial charge in [-0.05, 0) is 62.2 Å². The van der Waals surface area contributed by atoms with Crippen LogP contribution in [0.4, 0.5) is 0 Å². The Morgan fingerprint density at radius 1 is 1.03 bits per heavy atom. The lowest BCUT2D eigenvalue weighted by Crippen LogP contribution is -2.38. The Bertz CT molecular complexity index is 1010. The average Bonchev–Trinajstić information content (AvgIpc) is 2.76. The molecule has 4 rings (SSSR count). The highest BCUT2D eigenvalue weighted by Gasteiger charge is 2.30. The molecule has 1 aromatic carbocycles. The Balaban J connectivity index is 1.84. The van der Waals surface area contributed by atoms with Crippen LogP contribution in [0.2, 0.25) is 0 Å². The lowest BCUT2D eigenvalue weighted by Gasteiger charge is -2.35.